The molecule has 0 aliphatic carbocycles. The molecule has 2 aromatic carbocycles. The molecule has 5 rings (SSSR count). The summed E-state index contributed by atoms with van der Waals surface area (Å²) in [4.78, 5) is 37.4. The van der Waals surface area contributed by atoms with Crippen LogP contribution in [0.5, 0.6) is 0 Å². The number of hydrogen-bond acceptors (Lipinski definition) is 5. The first-order valence-electron chi connectivity index (χ1n) is 11.8. The van der Waals surface area contributed by atoms with E-state index in [0.717, 1.165) is 29.8 Å². The van der Waals surface area contributed by atoms with Crippen molar-refractivity contribution in [3.05, 3.63) is 59.7 Å². The first-order valence-corrected chi connectivity index (χ1v) is 11.8. The first-order chi connectivity index (χ1) is 16.2. The van der Waals surface area contributed by atoms with Crippen LogP contribution in [0, 0.1) is 5.92 Å². The number of anilines is 2. The van der Waals surface area contributed by atoms with Crippen LogP contribution < -0.4 is 9.80 Å². The summed E-state index contributed by atoms with van der Waals surface area (Å²) in [5, 5.41) is 11.5. The Hall–Kier alpha value is -3.10. The molecule has 2 aromatic rings. The Bertz CT molecular complexity index is 1110. The van der Waals surface area contributed by atoms with Crippen LogP contribution in [0.3, 0.4) is 0 Å². The summed E-state index contributed by atoms with van der Waals surface area (Å²) in [6.45, 7) is 5.75. The zero-order chi connectivity index (χ0) is 24.2. The van der Waals surface area contributed by atoms with Crippen molar-refractivity contribution in [1.29, 1.82) is 0 Å². The van der Waals surface area contributed by atoms with E-state index in [-0.39, 0.29) is 30.0 Å². The van der Waals surface area contributed by atoms with Gasteiger partial charge in [0, 0.05) is 36.3 Å². The van der Waals surface area contributed by atoms with Gasteiger partial charge in [-0.05, 0) is 42.8 Å². The average molecular weight is 465 g/mol. The monoisotopic (exact) mass is 464 g/mol. The predicted molar refractivity (Wildman–Crippen MR) is 130 cm³/mol. The lowest BCUT2D eigenvalue weighted by atomic mass is 9.81. The van der Waals surface area contributed by atoms with Crippen LogP contribution in [0.1, 0.15) is 31.4 Å². The van der Waals surface area contributed by atoms with Crippen molar-refractivity contribution >= 4 is 23.4 Å². The van der Waals surface area contributed by atoms with Crippen molar-refractivity contribution in [2.75, 3.05) is 37.0 Å². The fourth-order valence-corrected chi connectivity index (χ4v) is 6.15. The van der Waals surface area contributed by atoms with Crippen molar-refractivity contribution in [2.24, 2.45) is 5.92 Å². The molecule has 3 heterocycles. The van der Waals surface area contributed by atoms with Crippen LogP contribution in [-0.4, -0.2) is 66.5 Å². The minimum atomic E-state index is -1.13. The molecule has 0 spiro atoms. The minimum Gasteiger partial charge on any atom is -0.465 e. The zero-order valence-electron chi connectivity index (χ0n) is 20.1. The van der Waals surface area contributed by atoms with Crippen LogP contribution in [-0.2, 0) is 21.7 Å². The average Bonchev–Trinajstić information content (AvgIpc) is 3.36. The fraction of sp³-hybridized carbons (Fsp3) is 0.462. The molecule has 2 fully saturated rings. The van der Waals surface area contributed by atoms with Gasteiger partial charge in [-0.1, -0.05) is 44.2 Å². The van der Waals surface area contributed by atoms with E-state index in [1.54, 1.807) is 0 Å². The van der Waals surface area contributed by atoms with Gasteiger partial charge < -0.3 is 10.0 Å². The maximum absolute atomic E-state index is 13.3. The van der Waals surface area contributed by atoms with Gasteiger partial charge >= 0.3 is 6.09 Å². The number of carbonyl (C=O) groups is 2. The van der Waals surface area contributed by atoms with E-state index in [0.29, 0.717) is 12.2 Å². The Kier molecular flexibility index (Phi) is 5.53. The SMILES string of the molecule is CC1CN(OCc2ccccc2)C(=O)C1N(C(=O)O)c1ccc2c(c1)[C@]1(C)CCN(C)C1N2C. The molecule has 8 nitrogen and oxygen atoms in total. The summed E-state index contributed by atoms with van der Waals surface area (Å²) in [5.41, 5.74) is 3.66. The van der Waals surface area contributed by atoms with Gasteiger partial charge in [0.25, 0.3) is 5.91 Å². The standard InChI is InChI=1S/C26H32N4O4/c1-17-15-29(34-16-18-8-6-5-7-9-18)23(31)22(17)30(25(32)33)19-10-11-21-20(14-19)26(2)12-13-27(3)24(26)28(21)4/h5-11,14,17,22,24H,12-13,15-16H2,1-4H3,(H,32,33)/t17?,22?,24?,26-/m0/s1. The lowest BCUT2D eigenvalue weighted by Gasteiger charge is -2.32. The van der Waals surface area contributed by atoms with Gasteiger partial charge in [-0.15, -0.1) is 0 Å². The Morgan fingerprint density at radius 1 is 1.21 bits per heavy atom. The van der Waals surface area contributed by atoms with Gasteiger partial charge in [0.1, 0.15) is 12.6 Å². The number of hydrogen-bond donors (Lipinski definition) is 1. The number of likely N-dealkylation sites (tertiary alicyclic amines) is 1. The van der Waals surface area contributed by atoms with Crippen molar-refractivity contribution in [1.82, 2.24) is 9.96 Å². The van der Waals surface area contributed by atoms with E-state index >= 15 is 0 Å². The molecular formula is C26H32N4O4. The first kappa shape index (κ1) is 22.7. The number of nitrogens with zero attached hydrogens (tertiary/aromatic N) is 4. The van der Waals surface area contributed by atoms with E-state index in [9.17, 15) is 14.7 Å². The highest BCUT2D eigenvalue weighted by Gasteiger charge is 2.53. The van der Waals surface area contributed by atoms with Crippen LogP contribution in [0.2, 0.25) is 0 Å². The highest BCUT2D eigenvalue weighted by Crippen LogP contribution is 2.52. The molecule has 34 heavy (non-hydrogen) atoms. The molecule has 4 atom stereocenters. The topological polar surface area (TPSA) is 76.6 Å². The highest BCUT2D eigenvalue weighted by molar-refractivity contribution is 5.98. The van der Waals surface area contributed by atoms with E-state index in [4.69, 9.17) is 4.84 Å². The molecule has 8 heteroatoms. The summed E-state index contributed by atoms with van der Waals surface area (Å²) >= 11 is 0. The summed E-state index contributed by atoms with van der Waals surface area (Å²) in [6.07, 6.45) is 0.110. The number of carboxylic acid groups (broad SMARTS) is 1. The second-order valence-corrected chi connectivity index (χ2v) is 10.1. The molecular weight excluding hydrogens is 432 g/mol. The quantitative estimate of drug-likeness (QED) is 0.730. The molecule has 0 aromatic heterocycles. The van der Waals surface area contributed by atoms with Gasteiger partial charge in [-0.25, -0.2) is 9.86 Å². The van der Waals surface area contributed by atoms with Crippen molar-refractivity contribution in [3.63, 3.8) is 0 Å². The Labute approximate surface area is 200 Å². The number of hydroxylamine groups is 2. The van der Waals surface area contributed by atoms with Crippen LogP contribution >= 0.6 is 0 Å². The van der Waals surface area contributed by atoms with Crippen molar-refractivity contribution in [2.45, 2.75) is 44.5 Å². The normalized spacial score (nSPS) is 28.4. The molecule has 180 valence electrons. The number of benzene rings is 2. The van der Waals surface area contributed by atoms with Gasteiger partial charge in [0.15, 0.2) is 0 Å². The van der Waals surface area contributed by atoms with Crippen molar-refractivity contribution in [3.8, 4) is 0 Å². The molecule has 3 aliphatic heterocycles. The van der Waals surface area contributed by atoms with Gasteiger partial charge in [0.2, 0.25) is 0 Å². The molecule has 2 amide bonds. The minimum absolute atomic E-state index is 0.0881. The fourth-order valence-electron chi connectivity index (χ4n) is 6.15. The third-order valence-corrected chi connectivity index (χ3v) is 7.80. The highest BCUT2D eigenvalue weighted by atomic mass is 16.7. The zero-order valence-corrected chi connectivity index (χ0v) is 20.1. The second-order valence-electron chi connectivity index (χ2n) is 10.1. The van der Waals surface area contributed by atoms with Crippen LogP contribution in [0.4, 0.5) is 16.2 Å². The smallest absolute Gasteiger partial charge is 0.412 e. The third kappa shape index (κ3) is 3.44. The number of carbonyl (C=O) groups excluding carboxylic acids is 1. The van der Waals surface area contributed by atoms with Gasteiger partial charge in [-0.2, -0.15) is 0 Å². The molecule has 0 radical (unpaired) electrons. The van der Waals surface area contributed by atoms with E-state index in [1.807, 2.05) is 55.5 Å². The molecule has 2 saturated heterocycles. The van der Waals surface area contributed by atoms with Crippen molar-refractivity contribution < 1.29 is 19.5 Å². The van der Waals surface area contributed by atoms with Crippen LogP contribution in [0.15, 0.2) is 48.5 Å². The number of likely N-dealkylation sites (N-methyl/N-ethyl adjacent to an activating group) is 2. The second kappa shape index (κ2) is 8.29. The molecule has 3 unspecified atom stereocenters. The lowest BCUT2D eigenvalue weighted by molar-refractivity contribution is -0.183. The van der Waals surface area contributed by atoms with Gasteiger partial charge in [0.05, 0.1) is 12.7 Å². The third-order valence-electron chi connectivity index (χ3n) is 7.80. The van der Waals surface area contributed by atoms with E-state index < -0.39 is 12.1 Å². The van der Waals surface area contributed by atoms with Crippen LogP contribution in [0.25, 0.3) is 0 Å². The number of rotatable bonds is 5. The summed E-state index contributed by atoms with van der Waals surface area (Å²) in [6, 6.07) is 14.6. The maximum atomic E-state index is 13.3. The Morgan fingerprint density at radius 2 is 1.94 bits per heavy atom. The molecule has 1 N–H and O–H groups in total. The molecule has 0 bridgehead atoms. The summed E-state index contributed by atoms with van der Waals surface area (Å²) < 4.78 is 0. The van der Waals surface area contributed by atoms with E-state index in [2.05, 4.69) is 30.8 Å². The summed E-state index contributed by atoms with van der Waals surface area (Å²) in [5.74, 6) is -0.538. The molecule has 3 aliphatic rings. The lowest BCUT2D eigenvalue weighted by Crippen LogP contribution is -2.47. The molecule has 0 saturated carbocycles. The number of amides is 2. The Morgan fingerprint density at radius 3 is 2.65 bits per heavy atom. The largest absolute Gasteiger partial charge is 0.465 e. The van der Waals surface area contributed by atoms with Gasteiger partial charge in [-0.3, -0.25) is 19.4 Å². The summed E-state index contributed by atoms with van der Waals surface area (Å²) in [7, 11) is 4.22. The Balaban J connectivity index is 1.42. The maximum Gasteiger partial charge on any atom is 0.412 e. The number of fused-ring (bicyclic) bond motifs is 3. The van der Waals surface area contributed by atoms with E-state index in [1.165, 1.54) is 9.96 Å². The predicted octanol–water partition coefficient (Wildman–Crippen LogP) is 3.52.